The van der Waals surface area contributed by atoms with Crippen LogP contribution in [0.25, 0.3) is 0 Å². The van der Waals surface area contributed by atoms with E-state index < -0.39 is 0 Å². The van der Waals surface area contributed by atoms with Gasteiger partial charge in [0.2, 0.25) is 0 Å². The van der Waals surface area contributed by atoms with Gasteiger partial charge < -0.3 is 5.11 Å². The van der Waals surface area contributed by atoms with Crippen LogP contribution in [0.2, 0.25) is 0 Å². The van der Waals surface area contributed by atoms with E-state index in [0.717, 1.165) is 5.56 Å². The number of ketones is 1. The molecular weight excluding hydrogens is 248 g/mol. The van der Waals surface area contributed by atoms with Crippen molar-refractivity contribution in [2.75, 3.05) is 0 Å². The number of hydrogen-bond donors (Lipinski definition) is 1. The Morgan fingerprint density at radius 3 is 2.80 bits per heavy atom. The third kappa shape index (κ3) is 1.60. The Morgan fingerprint density at radius 2 is 1.95 bits per heavy atom. The molecule has 2 nitrogen and oxygen atoms in total. The number of carbonyl (C=O) groups excluding carboxylic acids is 1. The first kappa shape index (κ1) is 12.2. The number of benzene rings is 1. The molecule has 1 fully saturated rings. The van der Waals surface area contributed by atoms with E-state index in [1.165, 1.54) is 31.2 Å². The number of fused-ring (bicyclic) bond motifs is 5. The van der Waals surface area contributed by atoms with E-state index in [-0.39, 0.29) is 11.5 Å². The lowest BCUT2D eigenvalue weighted by Gasteiger charge is -2.42. The van der Waals surface area contributed by atoms with Crippen LogP contribution in [0.5, 0.6) is 5.75 Å². The third-order valence-corrected chi connectivity index (χ3v) is 5.74. The van der Waals surface area contributed by atoms with E-state index in [4.69, 9.17) is 0 Å². The quantitative estimate of drug-likeness (QED) is 0.716. The zero-order chi connectivity index (χ0) is 13.9. The molecular formula is C18H20O2. The minimum Gasteiger partial charge on any atom is -0.508 e. The molecule has 1 N–H and O–H groups in total. The second-order valence-electron chi connectivity index (χ2n) is 6.66. The van der Waals surface area contributed by atoms with E-state index in [1.54, 1.807) is 23.3 Å². The summed E-state index contributed by atoms with van der Waals surface area (Å²) in [5, 5.41) is 9.63. The van der Waals surface area contributed by atoms with Gasteiger partial charge in [-0.25, -0.2) is 0 Å². The first-order valence-electron chi connectivity index (χ1n) is 7.70. The Bertz CT molecular complexity index is 626. The maximum Gasteiger partial charge on any atom is 0.163 e. The predicted molar refractivity (Wildman–Crippen MR) is 77.9 cm³/mol. The van der Waals surface area contributed by atoms with Crippen molar-refractivity contribution in [2.24, 2.45) is 11.8 Å². The first-order chi connectivity index (χ1) is 9.65. The molecule has 1 aromatic carbocycles. The highest BCUT2D eigenvalue weighted by Gasteiger charge is 2.44. The van der Waals surface area contributed by atoms with Gasteiger partial charge in [-0.15, -0.1) is 0 Å². The normalized spacial score (nSPS) is 31.9. The van der Waals surface area contributed by atoms with Crippen LogP contribution in [0, 0.1) is 11.8 Å². The average molecular weight is 268 g/mol. The lowest BCUT2D eigenvalue weighted by molar-refractivity contribution is 0.0899. The molecule has 0 saturated heterocycles. The van der Waals surface area contributed by atoms with Crippen LogP contribution in [0.1, 0.15) is 60.9 Å². The molecule has 1 saturated carbocycles. The summed E-state index contributed by atoms with van der Waals surface area (Å²) in [5.74, 6) is 2.09. The Labute approximate surface area is 119 Å². The van der Waals surface area contributed by atoms with Crippen molar-refractivity contribution >= 4 is 5.78 Å². The summed E-state index contributed by atoms with van der Waals surface area (Å²) in [6.45, 7) is 2.27. The number of allylic oxidation sites excluding steroid dienone is 2. The predicted octanol–water partition coefficient (Wildman–Crippen LogP) is 4.20. The molecule has 104 valence electrons. The summed E-state index contributed by atoms with van der Waals surface area (Å²) in [5.41, 5.74) is 5.19. The van der Waals surface area contributed by atoms with Crippen molar-refractivity contribution in [1.29, 1.82) is 0 Å². The molecule has 0 radical (unpaired) electrons. The number of rotatable bonds is 0. The average Bonchev–Trinajstić information content (AvgIpc) is 2.81. The van der Waals surface area contributed by atoms with Crippen LogP contribution < -0.4 is 0 Å². The smallest absolute Gasteiger partial charge is 0.163 e. The standard InChI is InChI=1S/C18H20O2/c1-10-2-4-13-12(10)6-7-14-15-5-3-11(19)8-17(15)18(20)9-16(13)14/h3,5,8,13-14,16,19H,2,4,6-7,9H2,1H3. The number of phenols is 1. The van der Waals surface area contributed by atoms with Gasteiger partial charge in [-0.2, -0.15) is 0 Å². The van der Waals surface area contributed by atoms with Gasteiger partial charge in [0.05, 0.1) is 0 Å². The molecule has 0 aromatic heterocycles. The van der Waals surface area contributed by atoms with Gasteiger partial charge >= 0.3 is 0 Å². The van der Waals surface area contributed by atoms with Crippen LogP contribution in [0.3, 0.4) is 0 Å². The lowest BCUT2D eigenvalue weighted by atomic mass is 9.62. The van der Waals surface area contributed by atoms with E-state index in [1.807, 2.05) is 6.07 Å². The molecule has 2 heteroatoms. The van der Waals surface area contributed by atoms with Crippen LogP contribution in [-0.2, 0) is 0 Å². The SMILES string of the molecule is CC1=C2CCC3c4ccc(O)cc4C(=O)CC3C2CC1. The van der Waals surface area contributed by atoms with Crippen LogP contribution in [0.4, 0.5) is 0 Å². The maximum atomic E-state index is 12.4. The third-order valence-electron chi connectivity index (χ3n) is 5.74. The van der Waals surface area contributed by atoms with Crippen molar-refractivity contribution in [1.82, 2.24) is 0 Å². The molecule has 3 aliphatic carbocycles. The molecule has 0 aliphatic heterocycles. The maximum absolute atomic E-state index is 12.4. The minimum atomic E-state index is 0.212. The van der Waals surface area contributed by atoms with Gasteiger partial charge in [-0.05, 0) is 68.1 Å². The highest BCUT2D eigenvalue weighted by Crippen LogP contribution is 2.54. The Kier molecular flexibility index (Phi) is 2.57. The second kappa shape index (κ2) is 4.21. The topological polar surface area (TPSA) is 37.3 Å². The van der Waals surface area contributed by atoms with E-state index in [2.05, 4.69) is 6.92 Å². The minimum absolute atomic E-state index is 0.212. The molecule has 0 amide bonds. The zero-order valence-corrected chi connectivity index (χ0v) is 11.9. The highest BCUT2D eigenvalue weighted by atomic mass is 16.3. The van der Waals surface area contributed by atoms with Crippen molar-refractivity contribution < 1.29 is 9.90 Å². The summed E-state index contributed by atoms with van der Waals surface area (Å²) in [6, 6.07) is 5.38. The van der Waals surface area contributed by atoms with Crippen molar-refractivity contribution in [3.05, 3.63) is 40.5 Å². The summed E-state index contributed by atoms with van der Waals surface area (Å²) in [4.78, 5) is 12.4. The molecule has 4 rings (SSSR count). The van der Waals surface area contributed by atoms with Gasteiger partial charge in [-0.1, -0.05) is 17.2 Å². The number of carbonyl (C=O) groups is 1. The second-order valence-corrected chi connectivity index (χ2v) is 6.66. The summed E-state index contributed by atoms with van der Waals surface area (Å²) >= 11 is 0. The number of Topliss-reactive ketones (excluding diaryl/α,β-unsaturated/α-hetero) is 1. The van der Waals surface area contributed by atoms with Gasteiger partial charge in [0, 0.05) is 12.0 Å². The van der Waals surface area contributed by atoms with Crippen LogP contribution in [0.15, 0.2) is 29.3 Å². The van der Waals surface area contributed by atoms with Gasteiger partial charge in [0.15, 0.2) is 5.78 Å². The molecule has 20 heavy (non-hydrogen) atoms. The van der Waals surface area contributed by atoms with Crippen LogP contribution >= 0.6 is 0 Å². The van der Waals surface area contributed by atoms with E-state index >= 15 is 0 Å². The largest absolute Gasteiger partial charge is 0.508 e. The lowest BCUT2D eigenvalue weighted by Crippen LogP contribution is -2.34. The van der Waals surface area contributed by atoms with Crippen molar-refractivity contribution in [2.45, 2.75) is 44.9 Å². The number of phenolic OH excluding ortho intramolecular Hbond substituents is 1. The molecule has 3 unspecified atom stereocenters. The number of hydrogen-bond acceptors (Lipinski definition) is 2. The van der Waals surface area contributed by atoms with Crippen molar-refractivity contribution in [3.63, 3.8) is 0 Å². The molecule has 1 aromatic rings. The molecule has 3 atom stereocenters. The number of aromatic hydroxyl groups is 1. The van der Waals surface area contributed by atoms with E-state index in [0.29, 0.717) is 24.2 Å². The summed E-state index contributed by atoms with van der Waals surface area (Å²) in [7, 11) is 0. The van der Waals surface area contributed by atoms with Gasteiger partial charge in [0.1, 0.15) is 5.75 Å². The Morgan fingerprint density at radius 1 is 1.15 bits per heavy atom. The molecule has 0 bridgehead atoms. The summed E-state index contributed by atoms with van der Waals surface area (Å²) < 4.78 is 0. The van der Waals surface area contributed by atoms with Gasteiger partial charge in [0.25, 0.3) is 0 Å². The molecule has 0 spiro atoms. The Hall–Kier alpha value is -1.57. The van der Waals surface area contributed by atoms with Gasteiger partial charge in [-0.3, -0.25) is 4.79 Å². The fourth-order valence-corrected chi connectivity index (χ4v) is 4.80. The molecule has 0 heterocycles. The first-order valence-corrected chi connectivity index (χ1v) is 7.70. The summed E-state index contributed by atoms with van der Waals surface area (Å²) in [6.07, 6.45) is 5.50. The van der Waals surface area contributed by atoms with Crippen molar-refractivity contribution in [3.8, 4) is 5.75 Å². The fraction of sp³-hybridized carbons (Fsp3) is 0.500. The zero-order valence-electron chi connectivity index (χ0n) is 11.9. The van der Waals surface area contributed by atoms with E-state index in [9.17, 15) is 9.90 Å². The molecule has 3 aliphatic rings. The monoisotopic (exact) mass is 268 g/mol. The van der Waals surface area contributed by atoms with Crippen LogP contribution in [-0.4, -0.2) is 10.9 Å². The highest BCUT2D eigenvalue weighted by molar-refractivity contribution is 5.99. The fourth-order valence-electron chi connectivity index (χ4n) is 4.80. The Balaban J connectivity index is 1.79.